The third kappa shape index (κ3) is 4.42. The summed E-state index contributed by atoms with van der Waals surface area (Å²) in [4.78, 5) is 19.1. The fourth-order valence-electron chi connectivity index (χ4n) is 4.51. The Morgan fingerprint density at radius 2 is 1.86 bits per heavy atom. The molecule has 1 fully saturated rings. The minimum Gasteiger partial charge on any atom is -0.398 e. The molecule has 7 nitrogen and oxygen atoms in total. The van der Waals surface area contributed by atoms with E-state index in [-0.39, 0.29) is 5.69 Å². The van der Waals surface area contributed by atoms with Gasteiger partial charge in [-0.15, -0.1) is 0 Å². The van der Waals surface area contributed by atoms with Crippen molar-refractivity contribution >= 4 is 23.1 Å². The van der Waals surface area contributed by atoms with Crippen molar-refractivity contribution < 1.29 is 4.39 Å². The van der Waals surface area contributed by atoms with Gasteiger partial charge >= 0.3 is 5.69 Å². The zero-order valence-corrected chi connectivity index (χ0v) is 20.3. The first-order valence-corrected chi connectivity index (χ1v) is 11.8. The van der Waals surface area contributed by atoms with Crippen LogP contribution >= 0.6 is 11.6 Å². The highest BCUT2D eigenvalue weighted by atomic mass is 35.5. The summed E-state index contributed by atoms with van der Waals surface area (Å²) >= 11 is 6.54. The molecule has 1 atom stereocenters. The molecule has 35 heavy (non-hydrogen) atoms. The maximum Gasteiger partial charge on any atom is 0.332 e. The number of hydrogen-bond donors (Lipinski definition) is 2. The van der Waals surface area contributed by atoms with Gasteiger partial charge in [0, 0.05) is 68.1 Å². The summed E-state index contributed by atoms with van der Waals surface area (Å²) in [5, 5.41) is 3.78. The zero-order chi connectivity index (χ0) is 24.7. The van der Waals surface area contributed by atoms with Crippen LogP contribution in [0.5, 0.6) is 0 Å². The van der Waals surface area contributed by atoms with Crippen LogP contribution in [0.1, 0.15) is 6.92 Å². The largest absolute Gasteiger partial charge is 0.398 e. The number of nitrogens with two attached hydrogens (primary N) is 1. The van der Waals surface area contributed by atoms with E-state index < -0.39 is 5.82 Å². The number of nitrogens with zero attached hydrogens (tertiary/aromatic N) is 4. The van der Waals surface area contributed by atoms with Crippen LogP contribution in [0.25, 0.3) is 27.9 Å². The molecule has 0 amide bonds. The fraction of sp³-hybridized carbons (Fsp3) is 0.231. The van der Waals surface area contributed by atoms with E-state index in [1.54, 1.807) is 43.8 Å². The average molecular weight is 493 g/mol. The Bertz CT molecular complexity index is 1460. The summed E-state index contributed by atoms with van der Waals surface area (Å²) in [6.45, 7) is 4.71. The highest BCUT2D eigenvalue weighted by Crippen LogP contribution is 2.38. The van der Waals surface area contributed by atoms with Crippen LogP contribution in [0.3, 0.4) is 0 Å². The molecule has 0 unspecified atom stereocenters. The number of pyridine rings is 1. The third-order valence-corrected chi connectivity index (χ3v) is 6.66. The van der Waals surface area contributed by atoms with Crippen LogP contribution in [-0.2, 0) is 7.05 Å². The van der Waals surface area contributed by atoms with Crippen LogP contribution in [0.15, 0.2) is 65.8 Å². The minimum atomic E-state index is -0.405. The lowest BCUT2D eigenvalue weighted by Crippen LogP contribution is -2.49. The molecule has 2 aromatic heterocycles. The van der Waals surface area contributed by atoms with Gasteiger partial charge in [0.1, 0.15) is 11.6 Å². The van der Waals surface area contributed by atoms with Gasteiger partial charge in [0.15, 0.2) is 0 Å². The van der Waals surface area contributed by atoms with E-state index in [2.05, 4.69) is 22.1 Å². The second kappa shape index (κ2) is 9.20. The van der Waals surface area contributed by atoms with Gasteiger partial charge in [0.25, 0.3) is 0 Å². The summed E-state index contributed by atoms with van der Waals surface area (Å²) < 4.78 is 17.7. The van der Waals surface area contributed by atoms with E-state index in [4.69, 9.17) is 17.3 Å². The molecule has 4 aromatic rings. The normalized spacial score (nSPS) is 16.0. The Balaban J connectivity index is 1.54. The Morgan fingerprint density at radius 1 is 1.11 bits per heavy atom. The Morgan fingerprint density at radius 3 is 2.51 bits per heavy atom. The van der Waals surface area contributed by atoms with Crippen LogP contribution in [0.2, 0.25) is 5.02 Å². The predicted molar refractivity (Wildman–Crippen MR) is 139 cm³/mol. The van der Waals surface area contributed by atoms with Crippen molar-refractivity contribution in [2.75, 3.05) is 30.3 Å². The number of benzene rings is 2. The van der Waals surface area contributed by atoms with Gasteiger partial charge in [-0.1, -0.05) is 17.7 Å². The Labute approximate surface area is 207 Å². The molecule has 180 valence electrons. The highest BCUT2D eigenvalue weighted by Gasteiger charge is 2.19. The number of imidazole rings is 1. The predicted octanol–water partition coefficient (Wildman–Crippen LogP) is 4.08. The summed E-state index contributed by atoms with van der Waals surface area (Å²) in [7, 11) is 1.67. The van der Waals surface area contributed by atoms with Crippen molar-refractivity contribution in [2.45, 2.75) is 13.0 Å². The summed E-state index contributed by atoms with van der Waals surface area (Å²) in [5.74, 6) is 0.430. The number of aromatic nitrogens is 3. The first kappa shape index (κ1) is 23.1. The highest BCUT2D eigenvalue weighted by molar-refractivity contribution is 6.32. The molecule has 0 bridgehead atoms. The lowest BCUT2D eigenvalue weighted by Gasteiger charge is -2.33. The third-order valence-electron chi connectivity index (χ3n) is 6.36. The van der Waals surface area contributed by atoms with E-state index in [1.807, 2.05) is 12.1 Å². The number of hydrogen-bond acceptors (Lipinski definition) is 5. The number of anilines is 2. The van der Waals surface area contributed by atoms with Gasteiger partial charge in [-0.2, -0.15) is 0 Å². The SMILES string of the molecule is C[C@@H]1CN(c2cc(-c3cc(F)cc(-c4ccc(-n5ccn(C)c5=O)c(Cl)c4)c3N)ccn2)CCN1. The van der Waals surface area contributed by atoms with Crippen LogP contribution in [0, 0.1) is 5.82 Å². The molecule has 1 aliphatic heterocycles. The molecule has 5 rings (SSSR count). The minimum absolute atomic E-state index is 0.209. The Hall–Kier alpha value is -3.62. The molecule has 2 aromatic carbocycles. The maximum absolute atomic E-state index is 14.8. The van der Waals surface area contributed by atoms with Crippen LogP contribution in [0.4, 0.5) is 15.9 Å². The van der Waals surface area contributed by atoms with Gasteiger partial charge in [0.2, 0.25) is 0 Å². The Kier molecular flexibility index (Phi) is 6.08. The molecule has 0 spiro atoms. The van der Waals surface area contributed by atoms with Gasteiger partial charge in [0.05, 0.1) is 10.7 Å². The quantitative estimate of drug-likeness (QED) is 0.420. The summed E-state index contributed by atoms with van der Waals surface area (Å²) in [6, 6.07) is 12.2. The van der Waals surface area contributed by atoms with E-state index in [1.165, 1.54) is 21.3 Å². The van der Waals surface area contributed by atoms with Crippen molar-refractivity contribution in [1.29, 1.82) is 0 Å². The van der Waals surface area contributed by atoms with Gasteiger partial charge in [-0.3, -0.25) is 4.57 Å². The number of aryl methyl sites for hydroxylation is 1. The monoisotopic (exact) mass is 492 g/mol. The number of nitrogen functional groups attached to an aromatic ring is 1. The van der Waals surface area contributed by atoms with Gasteiger partial charge in [-0.25, -0.2) is 14.2 Å². The number of nitrogens with one attached hydrogen (secondary N) is 1. The van der Waals surface area contributed by atoms with Crippen LogP contribution < -0.4 is 21.6 Å². The van der Waals surface area contributed by atoms with Crippen LogP contribution in [-0.4, -0.2) is 39.8 Å². The summed E-state index contributed by atoms with van der Waals surface area (Å²) in [5.41, 5.74) is 9.92. The second-order valence-electron chi connectivity index (χ2n) is 8.85. The first-order valence-electron chi connectivity index (χ1n) is 11.4. The van der Waals surface area contributed by atoms with Crippen molar-refractivity contribution in [3.63, 3.8) is 0 Å². The lowest BCUT2D eigenvalue weighted by atomic mass is 9.96. The van der Waals surface area contributed by atoms with E-state index >= 15 is 0 Å². The van der Waals surface area contributed by atoms with Crippen molar-refractivity contribution in [3.05, 3.63) is 82.4 Å². The molecular formula is C26H26ClFN6O. The molecule has 1 aliphatic rings. The topological polar surface area (TPSA) is 81.1 Å². The lowest BCUT2D eigenvalue weighted by molar-refractivity contribution is 0.482. The van der Waals surface area contributed by atoms with Crippen molar-refractivity contribution in [1.82, 2.24) is 19.4 Å². The molecule has 9 heteroatoms. The van der Waals surface area contributed by atoms with Gasteiger partial charge in [-0.05, 0) is 54.4 Å². The van der Waals surface area contributed by atoms with Crippen molar-refractivity contribution in [3.8, 4) is 27.9 Å². The standard InChI is InChI=1S/C26H26ClFN6O/c1-16-15-33(8-7-30-16)24-12-18(5-6-31-24)21-14-19(28)13-20(25(21)29)17-3-4-23(22(27)11-17)34-10-9-32(2)26(34)35/h3-6,9-14,16,30H,7-8,15,29H2,1-2H3/t16-/m1/s1. The van der Waals surface area contributed by atoms with E-state index in [0.717, 1.165) is 31.0 Å². The summed E-state index contributed by atoms with van der Waals surface area (Å²) in [6.07, 6.45) is 5.04. The number of piperazine rings is 1. The molecule has 0 aliphatic carbocycles. The first-order chi connectivity index (χ1) is 16.8. The van der Waals surface area contributed by atoms with Gasteiger partial charge < -0.3 is 20.5 Å². The number of halogens is 2. The molecule has 3 N–H and O–H groups in total. The zero-order valence-electron chi connectivity index (χ0n) is 19.5. The average Bonchev–Trinajstić information content (AvgIpc) is 3.18. The second-order valence-corrected chi connectivity index (χ2v) is 9.25. The van der Waals surface area contributed by atoms with E-state index in [0.29, 0.717) is 39.1 Å². The molecule has 1 saturated heterocycles. The number of rotatable bonds is 4. The smallest absolute Gasteiger partial charge is 0.332 e. The van der Waals surface area contributed by atoms with Crippen molar-refractivity contribution in [2.24, 2.45) is 7.05 Å². The fourth-order valence-corrected chi connectivity index (χ4v) is 4.78. The van der Waals surface area contributed by atoms with E-state index in [9.17, 15) is 9.18 Å². The molecule has 0 saturated carbocycles. The molecule has 0 radical (unpaired) electrons. The molecule has 3 heterocycles. The maximum atomic E-state index is 14.8. The molecular weight excluding hydrogens is 467 g/mol.